The molecule has 6 aromatic carbocycles. The fraction of sp³-hybridized carbons (Fsp3) is 0.269. The predicted octanol–water partition coefficient (Wildman–Crippen LogP) is 10.6. The summed E-state index contributed by atoms with van der Waals surface area (Å²) in [5, 5.41) is 12.7. The molecule has 3 atom stereocenters. The van der Waals surface area contributed by atoms with Crippen LogP contribution in [0.3, 0.4) is 0 Å². The van der Waals surface area contributed by atoms with Crippen LogP contribution in [0.1, 0.15) is 70.8 Å². The van der Waals surface area contributed by atoms with E-state index in [0.29, 0.717) is 32.9 Å². The van der Waals surface area contributed by atoms with E-state index in [1.807, 2.05) is 71.0 Å². The van der Waals surface area contributed by atoms with Crippen LogP contribution in [0.25, 0.3) is 0 Å². The maximum absolute atomic E-state index is 15.8. The van der Waals surface area contributed by atoms with Gasteiger partial charge in [-0.3, -0.25) is 23.3 Å². The molecule has 0 saturated heterocycles. The normalized spacial score (nSPS) is 15.3. The van der Waals surface area contributed by atoms with Crippen molar-refractivity contribution in [3.05, 3.63) is 189 Å². The lowest BCUT2D eigenvalue weighted by atomic mass is 9.93. The molecule has 0 saturated carbocycles. The van der Waals surface area contributed by atoms with Crippen molar-refractivity contribution in [1.29, 1.82) is 0 Å². The molecular weight excluding hydrogens is 861 g/mol. The number of benzene rings is 6. The molecule has 0 amide bonds. The first kappa shape index (κ1) is 48.6. The number of hydrogen-bond donors (Lipinski definition) is 1. The standard InChI is InChI=1S/C52H57O9P3/c1-35-25-38(4)47(39(5)26-35)50(54)63(57,45-21-15-11-16-22-45)60-33-52(31-53,32-59-62(56,44-19-13-10-14-20-44)49-42(8)29-37(3)30-43(49)9)34-61-64(58,46-23-17-12-18-24-46)51(55)48-40(6)27-36(2)28-41(48)7/h10-30,53H,31-34H2,1-9H3. The van der Waals surface area contributed by atoms with Crippen LogP contribution in [-0.4, -0.2) is 42.6 Å². The first-order chi connectivity index (χ1) is 30.3. The number of carbonyl (C=O) groups is 2. The third-order valence-electron chi connectivity index (χ3n) is 11.5. The molecule has 334 valence electrons. The highest BCUT2D eigenvalue weighted by Gasteiger charge is 2.46. The van der Waals surface area contributed by atoms with E-state index in [1.54, 1.807) is 119 Å². The summed E-state index contributed by atoms with van der Waals surface area (Å²) in [6, 6.07) is 36.1. The Labute approximate surface area is 377 Å². The molecule has 64 heavy (non-hydrogen) atoms. The van der Waals surface area contributed by atoms with Crippen molar-refractivity contribution in [1.82, 2.24) is 0 Å². The number of hydrogen-bond acceptors (Lipinski definition) is 9. The monoisotopic (exact) mass is 918 g/mol. The molecule has 0 heterocycles. The third kappa shape index (κ3) is 9.88. The second-order valence-electron chi connectivity index (χ2n) is 17.0. The van der Waals surface area contributed by atoms with Gasteiger partial charge in [-0.05, 0) is 132 Å². The zero-order chi connectivity index (χ0) is 46.6. The largest absolute Gasteiger partial charge is 0.396 e. The summed E-state index contributed by atoms with van der Waals surface area (Å²) in [4.78, 5) is 29.6. The predicted molar refractivity (Wildman–Crippen MR) is 259 cm³/mol. The molecule has 12 heteroatoms. The Kier molecular flexibility index (Phi) is 15.0. The molecule has 0 aromatic heterocycles. The molecule has 0 bridgehead atoms. The third-order valence-corrected chi connectivity index (χ3v) is 18.8. The quantitative estimate of drug-likeness (QED) is 0.0837. The highest BCUT2D eigenvalue weighted by molar-refractivity contribution is 7.84. The van der Waals surface area contributed by atoms with Gasteiger partial charge in [-0.15, -0.1) is 0 Å². The summed E-state index contributed by atoms with van der Waals surface area (Å²) in [5.41, 5.74) is 3.83. The molecule has 0 spiro atoms. The van der Waals surface area contributed by atoms with Crippen molar-refractivity contribution in [2.24, 2.45) is 5.41 Å². The van der Waals surface area contributed by atoms with Gasteiger partial charge in [-0.2, -0.15) is 0 Å². The van der Waals surface area contributed by atoms with Crippen LogP contribution in [0.5, 0.6) is 0 Å². The van der Waals surface area contributed by atoms with Crippen molar-refractivity contribution >= 4 is 54.4 Å². The van der Waals surface area contributed by atoms with E-state index in [9.17, 15) is 14.7 Å². The van der Waals surface area contributed by atoms with Gasteiger partial charge in [0, 0.05) is 32.3 Å². The van der Waals surface area contributed by atoms with Gasteiger partial charge in [0.15, 0.2) is 0 Å². The van der Waals surface area contributed by atoms with E-state index >= 15 is 13.7 Å². The highest BCUT2D eigenvalue weighted by Crippen LogP contribution is 2.55. The lowest BCUT2D eigenvalue weighted by Gasteiger charge is -2.35. The summed E-state index contributed by atoms with van der Waals surface area (Å²) >= 11 is 0. The topological polar surface area (TPSA) is 133 Å². The van der Waals surface area contributed by atoms with E-state index in [-0.39, 0.29) is 21.7 Å². The molecule has 0 radical (unpaired) electrons. The van der Waals surface area contributed by atoms with Crippen molar-refractivity contribution < 1.29 is 42.0 Å². The van der Waals surface area contributed by atoms with Crippen LogP contribution in [0.4, 0.5) is 0 Å². The molecule has 1 N–H and O–H groups in total. The first-order valence-electron chi connectivity index (χ1n) is 21.1. The second kappa shape index (κ2) is 19.7. The van der Waals surface area contributed by atoms with E-state index in [2.05, 4.69) is 0 Å². The van der Waals surface area contributed by atoms with E-state index in [1.165, 1.54) is 0 Å². The van der Waals surface area contributed by atoms with Crippen LogP contribution >= 0.6 is 22.1 Å². The summed E-state index contributed by atoms with van der Waals surface area (Å²) in [7, 11) is -13.1. The Morgan fingerprint density at radius 2 is 0.750 bits per heavy atom. The fourth-order valence-corrected chi connectivity index (χ4v) is 15.5. The zero-order valence-electron chi connectivity index (χ0n) is 38.0. The van der Waals surface area contributed by atoms with Crippen LogP contribution in [0.15, 0.2) is 127 Å². The highest BCUT2D eigenvalue weighted by atomic mass is 31.2. The summed E-state index contributed by atoms with van der Waals surface area (Å²) in [6.45, 7) is 13.8. The zero-order valence-corrected chi connectivity index (χ0v) is 40.7. The van der Waals surface area contributed by atoms with Crippen LogP contribution < -0.4 is 21.2 Å². The second-order valence-corrected chi connectivity index (χ2v) is 23.9. The fourth-order valence-electron chi connectivity index (χ4n) is 8.55. The smallest absolute Gasteiger partial charge is 0.300 e. The van der Waals surface area contributed by atoms with Gasteiger partial charge in [0.05, 0.1) is 31.8 Å². The molecule has 6 aromatic rings. The van der Waals surface area contributed by atoms with Gasteiger partial charge in [0.25, 0.3) is 18.4 Å². The van der Waals surface area contributed by atoms with E-state index in [4.69, 9.17) is 13.6 Å². The minimum absolute atomic E-state index is 0.115. The summed E-state index contributed by atoms with van der Waals surface area (Å²) in [6.07, 6.45) is 0. The number of rotatable bonds is 18. The maximum atomic E-state index is 15.8. The van der Waals surface area contributed by atoms with Crippen LogP contribution in [0, 0.1) is 67.7 Å². The van der Waals surface area contributed by atoms with Crippen molar-refractivity contribution in [2.75, 3.05) is 26.4 Å². The molecule has 6 rings (SSSR count). The Balaban J connectivity index is 1.51. The number of aliphatic hydroxyl groups excluding tert-OH is 1. The van der Waals surface area contributed by atoms with Gasteiger partial charge in [0.2, 0.25) is 0 Å². The molecule has 0 aliphatic heterocycles. The molecule has 0 fully saturated rings. The number of aliphatic hydroxyl groups is 1. The molecule has 9 nitrogen and oxygen atoms in total. The lowest BCUT2D eigenvalue weighted by molar-refractivity contribution is -0.00693. The van der Waals surface area contributed by atoms with Gasteiger partial charge in [-0.1, -0.05) is 108 Å². The van der Waals surface area contributed by atoms with Crippen molar-refractivity contribution in [3.8, 4) is 0 Å². The summed E-state index contributed by atoms with van der Waals surface area (Å²) < 4.78 is 66.5. The minimum Gasteiger partial charge on any atom is -0.396 e. The molecule has 0 aliphatic carbocycles. The summed E-state index contributed by atoms with van der Waals surface area (Å²) in [5.74, 6) is 0. The van der Waals surface area contributed by atoms with Gasteiger partial charge >= 0.3 is 14.7 Å². The molecule has 3 unspecified atom stereocenters. The Morgan fingerprint density at radius 3 is 1.08 bits per heavy atom. The Hall–Kier alpha value is -4.81. The Morgan fingerprint density at radius 1 is 0.453 bits per heavy atom. The van der Waals surface area contributed by atoms with Gasteiger partial charge < -0.3 is 18.7 Å². The first-order valence-corrected chi connectivity index (χ1v) is 26.0. The average molecular weight is 919 g/mol. The number of aryl methyl sites for hydroxylation is 9. The van der Waals surface area contributed by atoms with Gasteiger partial charge in [-0.25, -0.2) is 0 Å². The molecular formula is C52H57O9P3. The molecule has 0 aliphatic rings. The lowest BCUT2D eigenvalue weighted by Crippen LogP contribution is -2.42. The van der Waals surface area contributed by atoms with Crippen molar-refractivity contribution in [2.45, 2.75) is 62.3 Å². The van der Waals surface area contributed by atoms with E-state index in [0.717, 1.165) is 27.8 Å². The number of carbonyl (C=O) groups excluding carboxylic acids is 2. The van der Waals surface area contributed by atoms with Gasteiger partial charge in [0.1, 0.15) is 0 Å². The van der Waals surface area contributed by atoms with E-state index < -0.39 is 65.0 Å². The minimum atomic E-state index is -4.54. The average Bonchev–Trinajstić information content (AvgIpc) is 3.25. The maximum Gasteiger partial charge on any atom is 0.300 e. The van der Waals surface area contributed by atoms with Crippen LogP contribution in [-0.2, 0) is 27.3 Å². The van der Waals surface area contributed by atoms with Crippen LogP contribution in [0.2, 0.25) is 0 Å². The Bertz CT molecular complexity index is 2640. The SMILES string of the molecule is Cc1cc(C)c(C(=O)P(=O)(OCC(CO)(COP(=O)(C(=O)c2c(C)cc(C)cc2C)c2ccccc2)COP(=O)(c2ccccc2)c2c(C)cc(C)cc2C)c2ccccc2)c(C)c1. The van der Waals surface area contributed by atoms with Crippen molar-refractivity contribution in [3.63, 3.8) is 0 Å².